The van der Waals surface area contributed by atoms with Crippen molar-refractivity contribution in [3.8, 4) is 0 Å². The van der Waals surface area contributed by atoms with Crippen LogP contribution in [0.2, 0.25) is 0 Å². The van der Waals surface area contributed by atoms with Crippen molar-refractivity contribution in [1.29, 1.82) is 0 Å². The van der Waals surface area contributed by atoms with Crippen LogP contribution in [0.25, 0.3) is 0 Å². The molecule has 3 heteroatoms. The van der Waals surface area contributed by atoms with Crippen LogP contribution >= 0.6 is 0 Å². The lowest BCUT2D eigenvalue weighted by atomic mass is 10.1. The standard InChI is InChI=1S/C17H29N3/c1-16(18)7-5-6-10-19-11-13-20(14-12-19)15-17-8-3-2-4-9-17/h2-4,8-9,16H,5-7,10-15,18H2,1H3. The summed E-state index contributed by atoms with van der Waals surface area (Å²) in [7, 11) is 0. The maximum Gasteiger partial charge on any atom is 0.0234 e. The molecule has 1 unspecified atom stereocenters. The van der Waals surface area contributed by atoms with E-state index < -0.39 is 0 Å². The minimum absolute atomic E-state index is 0.359. The van der Waals surface area contributed by atoms with E-state index in [0.29, 0.717) is 6.04 Å². The second-order valence-corrected chi connectivity index (χ2v) is 6.08. The predicted molar refractivity (Wildman–Crippen MR) is 85.7 cm³/mol. The van der Waals surface area contributed by atoms with Crippen LogP contribution in [-0.2, 0) is 6.54 Å². The molecule has 1 aliphatic rings. The molecule has 1 atom stereocenters. The van der Waals surface area contributed by atoms with Crippen LogP contribution in [0, 0.1) is 0 Å². The molecule has 20 heavy (non-hydrogen) atoms. The first-order valence-corrected chi connectivity index (χ1v) is 7.98. The summed E-state index contributed by atoms with van der Waals surface area (Å²) in [6.07, 6.45) is 3.72. The third-order valence-electron chi connectivity index (χ3n) is 4.10. The molecule has 0 aliphatic carbocycles. The molecule has 0 spiro atoms. The van der Waals surface area contributed by atoms with E-state index in [-0.39, 0.29) is 0 Å². The zero-order chi connectivity index (χ0) is 14.2. The SMILES string of the molecule is CC(N)CCCCN1CCN(Cc2ccccc2)CC1. The van der Waals surface area contributed by atoms with Crippen molar-refractivity contribution in [2.45, 2.75) is 38.8 Å². The number of piperazine rings is 1. The van der Waals surface area contributed by atoms with E-state index in [2.05, 4.69) is 47.1 Å². The Balaban J connectivity index is 1.60. The van der Waals surface area contributed by atoms with Gasteiger partial charge < -0.3 is 10.6 Å². The highest BCUT2D eigenvalue weighted by molar-refractivity contribution is 5.14. The summed E-state index contributed by atoms with van der Waals surface area (Å²) in [5.41, 5.74) is 7.21. The third kappa shape index (κ3) is 5.61. The summed E-state index contributed by atoms with van der Waals surface area (Å²) in [6, 6.07) is 11.1. The molecule has 0 radical (unpaired) electrons. The normalized spacial score (nSPS) is 19.1. The van der Waals surface area contributed by atoms with Gasteiger partial charge in [-0.05, 0) is 31.9 Å². The highest BCUT2D eigenvalue weighted by atomic mass is 15.3. The quantitative estimate of drug-likeness (QED) is 0.775. The number of hydrogen-bond acceptors (Lipinski definition) is 3. The number of nitrogens with two attached hydrogens (primary N) is 1. The van der Waals surface area contributed by atoms with Crippen LogP contribution in [0.15, 0.2) is 30.3 Å². The van der Waals surface area contributed by atoms with Crippen molar-refractivity contribution >= 4 is 0 Å². The van der Waals surface area contributed by atoms with E-state index >= 15 is 0 Å². The van der Waals surface area contributed by atoms with Crippen LogP contribution in [-0.4, -0.2) is 48.6 Å². The Labute approximate surface area is 123 Å². The Hall–Kier alpha value is -0.900. The van der Waals surface area contributed by atoms with Gasteiger partial charge in [-0.15, -0.1) is 0 Å². The summed E-state index contributed by atoms with van der Waals surface area (Å²) >= 11 is 0. The van der Waals surface area contributed by atoms with Crippen LogP contribution in [0.4, 0.5) is 0 Å². The average Bonchev–Trinajstić information content (AvgIpc) is 2.46. The van der Waals surface area contributed by atoms with Crippen molar-refractivity contribution in [2.24, 2.45) is 5.73 Å². The van der Waals surface area contributed by atoms with Gasteiger partial charge in [0, 0.05) is 38.8 Å². The molecule has 1 aromatic carbocycles. The number of rotatable bonds is 7. The topological polar surface area (TPSA) is 32.5 Å². The third-order valence-corrected chi connectivity index (χ3v) is 4.10. The van der Waals surface area contributed by atoms with Crippen molar-refractivity contribution in [3.05, 3.63) is 35.9 Å². The monoisotopic (exact) mass is 275 g/mol. The van der Waals surface area contributed by atoms with E-state index in [4.69, 9.17) is 5.73 Å². The first-order valence-electron chi connectivity index (χ1n) is 7.98. The first kappa shape index (κ1) is 15.5. The molecule has 0 aromatic heterocycles. The summed E-state index contributed by atoms with van der Waals surface area (Å²) in [4.78, 5) is 5.16. The number of unbranched alkanes of at least 4 members (excludes halogenated alkanes) is 1. The Morgan fingerprint density at radius 3 is 2.30 bits per heavy atom. The molecule has 1 heterocycles. The van der Waals surface area contributed by atoms with E-state index in [1.807, 2.05) is 0 Å². The summed E-state index contributed by atoms with van der Waals surface area (Å²) < 4.78 is 0. The van der Waals surface area contributed by atoms with Crippen molar-refractivity contribution in [2.75, 3.05) is 32.7 Å². The van der Waals surface area contributed by atoms with Gasteiger partial charge in [-0.1, -0.05) is 36.8 Å². The minimum atomic E-state index is 0.359. The zero-order valence-corrected chi connectivity index (χ0v) is 12.8. The Morgan fingerprint density at radius 2 is 1.65 bits per heavy atom. The van der Waals surface area contributed by atoms with Crippen LogP contribution in [0.1, 0.15) is 31.7 Å². The van der Waals surface area contributed by atoms with Gasteiger partial charge in [0.25, 0.3) is 0 Å². The van der Waals surface area contributed by atoms with Gasteiger partial charge in [0.2, 0.25) is 0 Å². The molecule has 2 rings (SSSR count). The highest BCUT2D eigenvalue weighted by Crippen LogP contribution is 2.09. The first-order chi connectivity index (χ1) is 9.74. The maximum atomic E-state index is 5.78. The fraction of sp³-hybridized carbons (Fsp3) is 0.647. The molecule has 112 valence electrons. The smallest absolute Gasteiger partial charge is 0.0234 e. The fourth-order valence-corrected chi connectivity index (χ4v) is 2.81. The van der Waals surface area contributed by atoms with Gasteiger partial charge in [-0.3, -0.25) is 4.90 Å². The van der Waals surface area contributed by atoms with Crippen LogP contribution < -0.4 is 5.73 Å². The highest BCUT2D eigenvalue weighted by Gasteiger charge is 2.16. The van der Waals surface area contributed by atoms with Gasteiger partial charge in [0.15, 0.2) is 0 Å². The van der Waals surface area contributed by atoms with Gasteiger partial charge in [0.05, 0.1) is 0 Å². The van der Waals surface area contributed by atoms with Gasteiger partial charge >= 0.3 is 0 Å². The van der Waals surface area contributed by atoms with E-state index in [1.54, 1.807) is 0 Å². The number of nitrogens with zero attached hydrogens (tertiary/aromatic N) is 2. The lowest BCUT2D eigenvalue weighted by Crippen LogP contribution is -2.46. The van der Waals surface area contributed by atoms with Crippen molar-refractivity contribution in [3.63, 3.8) is 0 Å². The number of benzene rings is 1. The predicted octanol–water partition coefficient (Wildman–Crippen LogP) is 2.32. The van der Waals surface area contributed by atoms with Gasteiger partial charge in [-0.25, -0.2) is 0 Å². The van der Waals surface area contributed by atoms with Gasteiger partial charge in [0.1, 0.15) is 0 Å². The molecule has 1 saturated heterocycles. The van der Waals surface area contributed by atoms with E-state index in [9.17, 15) is 0 Å². The largest absolute Gasteiger partial charge is 0.328 e. The van der Waals surface area contributed by atoms with Crippen molar-refractivity contribution in [1.82, 2.24) is 9.80 Å². The molecule has 3 nitrogen and oxygen atoms in total. The van der Waals surface area contributed by atoms with Crippen LogP contribution in [0.5, 0.6) is 0 Å². The number of hydrogen-bond donors (Lipinski definition) is 1. The molecule has 0 bridgehead atoms. The average molecular weight is 275 g/mol. The molecule has 0 amide bonds. The zero-order valence-electron chi connectivity index (χ0n) is 12.8. The molecule has 1 fully saturated rings. The lowest BCUT2D eigenvalue weighted by molar-refractivity contribution is 0.125. The van der Waals surface area contributed by atoms with E-state index in [1.165, 1.54) is 51.1 Å². The molecular weight excluding hydrogens is 246 g/mol. The summed E-state index contributed by atoms with van der Waals surface area (Å²) in [5.74, 6) is 0. The van der Waals surface area contributed by atoms with Crippen molar-refractivity contribution < 1.29 is 0 Å². The van der Waals surface area contributed by atoms with E-state index in [0.717, 1.165) is 13.0 Å². The molecule has 2 N–H and O–H groups in total. The second kappa shape index (κ2) is 8.40. The Bertz CT molecular complexity index is 356. The maximum absolute atomic E-state index is 5.78. The molecule has 1 aromatic rings. The minimum Gasteiger partial charge on any atom is -0.328 e. The Morgan fingerprint density at radius 1 is 1.00 bits per heavy atom. The Kier molecular flexibility index (Phi) is 6.51. The second-order valence-electron chi connectivity index (χ2n) is 6.08. The molecule has 0 saturated carbocycles. The molecule has 1 aliphatic heterocycles. The van der Waals surface area contributed by atoms with Gasteiger partial charge in [-0.2, -0.15) is 0 Å². The fourth-order valence-electron chi connectivity index (χ4n) is 2.81. The molecular formula is C17H29N3. The summed E-state index contributed by atoms with van der Waals surface area (Å²) in [6.45, 7) is 9.26. The summed E-state index contributed by atoms with van der Waals surface area (Å²) in [5, 5.41) is 0. The van der Waals surface area contributed by atoms with Crippen LogP contribution in [0.3, 0.4) is 0 Å². The lowest BCUT2D eigenvalue weighted by Gasteiger charge is -2.34.